The highest BCUT2D eigenvalue weighted by molar-refractivity contribution is 7.89. The molecule has 2 aromatic rings. The Labute approximate surface area is 134 Å². The normalized spacial score (nSPS) is 16.4. The molecule has 1 saturated heterocycles. The standard InChI is InChI=1S/C14H17N3O5S/c1-11-15-16-14(22-11)10-21-12-2-4-13(5-3-12)23(18,19)17-6-8-20-9-7-17/h2-5H,6-10H2,1H3. The Morgan fingerprint density at radius 2 is 1.87 bits per heavy atom. The van der Waals surface area contributed by atoms with E-state index in [-0.39, 0.29) is 11.5 Å². The number of hydrogen-bond donors (Lipinski definition) is 0. The van der Waals surface area contributed by atoms with Gasteiger partial charge in [-0.1, -0.05) is 0 Å². The van der Waals surface area contributed by atoms with Crippen LogP contribution >= 0.6 is 0 Å². The Bertz CT molecular complexity index is 751. The van der Waals surface area contributed by atoms with Crippen LogP contribution in [0.15, 0.2) is 33.6 Å². The van der Waals surface area contributed by atoms with E-state index in [1.807, 2.05) is 0 Å². The van der Waals surface area contributed by atoms with Gasteiger partial charge in [-0.15, -0.1) is 10.2 Å². The number of aromatic nitrogens is 2. The summed E-state index contributed by atoms with van der Waals surface area (Å²) in [6.07, 6.45) is 0. The SMILES string of the molecule is Cc1nnc(COc2ccc(S(=O)(=O)N3CCOCC3)cc2)o1. The monoisotopic (exact) mass is 339 g/mol. The first-order valence-electron chi connectivity index (χ1n) is 7.15. The van der Waals surface area contributed by atoms with Crippen molar-refractivity contribution < 1.29 is 22.3 Å². The maximum atomic E-state index is 12.5. The molecule has 0 unspecified atom stereocenters. The first-order chi connectivity index (χ1) is 11.1. The summed E-state index contributed by atoms with van der Waals surface area (Å²) in [5.41, 5.74) is 0. The molecule has 9 heteroatoms. The summed E-state index contributed by atoms with van der Waals surface area (Å²) in [5.74, 6) is 1.37. The van der Waals surface area contributed by atoms with Crippen LogP contribution in [0.5, 0.6) is 5.75 Å². The molecule has 0 amide bonds. The average Bonchev–Trinajstić information content (AvgIpc) is 3.00. The highest BCUT2D eigenvalue weighted by Crippen LogP contribution is 2.21. The number of nitrogens with zero attached hydrogens (tertiary/aromatic N) is 3. The Morgan fingerprint density at radius 3 is 2.48 bits per heavy atom. The third-order valence-electron chi connectivity index (χ3n) is 3.36. The van der Waals surface area contributed by atoms with Gasteiger partial charge in [-0.25, -0.2) is 8.42 Å². The average molecular weight is 339 g/mol. The third-order valence-corrected chi connectivity index (χ3v) is 5.27. The number of hydrogen-bond acceptors (Lipinski definition) is 7. The lowest BCUT2D eigenvalue weighted by Gasteiger charge is -2.26. The van der Waals surface area contributed by atoms with Crippen LogP contribution in [-0.4, -0.2) is 49.2 Å². The van der Waals surface area contributed by atoms with Crippen LogP contribution < -0.4 is 4.74 Å². The van der Waals surface area contributed by atoms with Gasteiger partial charge in [-0.3, -0.25) is 0 Å². The van der Waals surface area contributed by atoms with Gasteiger partial charge in [0.15, 0.2) is 6.61 Å². The van der Waals surface area contributed by atoms with E-state index < -0.39 is 10.0 Å². The van der Waals surface area contributed by atoms with Crippen molar-refractivity contribution >= 4 is 10.0 Å². The summed E-state index contributed by atoms with van der Waals surface area (Å²) in [4.78, 5) is 0.236. The highest BCUT2D eigenvalue weighted by Gasteiger charge is 2.26. The number of morpholine rings is 1. The van der Waals surface area contributed by atoms with Crippen molar-refractivity contribution in [2.75, 3.05) is 26.3 Å². The van der Waals surface area contributed by atoms with Gasteiger partial charge >= 0.3 is 0 Å². The third kappa shape index (κ3) is 3.69. The Hall–Kier alpha value is -1.97. The second-order valence-electron chi connectivity index (χ2n) is 4.99. The molecule has 8 nitrogen and oxygen atoms in total. The zero-order chi connectivity index (χ0) is 16.3. The van der Waals surface area contributed by atoms with Crippen LogP contribution in [0.25, 0.3) is 0 Å². The highest BCUT2D eigenvalue weighted by atomic mass is 32.2. The molecule has 124 valence electrons. The van der Waals surface area contributed by atoms with Gasteiger partial charge in [0.25, 0.3) is 5.89 Å². The van der Waals surface area contributed by atoms with Crippen LogP contribution in [-0.2, 0) is 21.4 Å². The van der Waals surface area contributed by atoms with Crippen LogP contribution in [0.2, 0.25) is 0 Å². The Kier molecular flexibility index (Phi) is 4.60. The van der Waals surface area contributed by atoms with E-state index in [0.717, 1.165) is 0 Å². The van der Waals surface area contributed by atoms with Gasteiger partial charge in [0, 0.05) is 20.0 Å². The summed E-state index contributed by atoms with van der Waals surface area (Å²) < 4.78 is 42.3. The molecule has 1 aromatic heterocycles. The number of aryl methyl sites for hydroxylation is 1. The van der Waals surface area contributed by atoms with Crippen molar-refractivity contribution in [3.63, 3.8) is 0 Å². The topological polar surface area (TPSA) is 94.8 Å². The molecular formula is C14H17N3O5S. The van der Waals surface area contributed by atoms with Crippen molar-refractivity contribution in [2.24, 2.45) is 0 Å². The van der Waals surface area contributed by atoms with Crippen molar-refractivity contribution in [2.45, 2.75) is 18.4 Å². The fourth-order valence-electron chi connectivity index (χ4n) is 2.18. The van der Waals surface area contributed by atoms with E-state index in [1.165, 1.54) is 16.4 Å². The van der Waals surface area contributed by atoms with E-state index >= 15 is 0 Å². The minimum atomic E-state index is -3.49. The largest absolute Gasteiger partial charge is 0.484 e. The van der Waals surface area contributed by atoms with E-state index in [4.69, 9.17) is 13.9 Å². The molecule has 1 aliphatic heterocycles. The molecule has 0 radical (unpaired) electrons. The minimum absolute atomic E-state index is 0.135. The second kappa shape index (κ2) is 6.65. The molecule has 0 atom stereocenters. The van der Waals surface area contributed by atoms with Gasteiger partial charge < -0.3 is 13.9 Å². The van der Waals surface area contributed by atoms with E-state index in [9.17, 15) is 8.42 Å². The number of sulfonamides is 1. The van der Waals surface area contributed by atoms with Gasteiger partial charge in [0.1, 0.15) is 5.75 Å². The quantitative estimate of drug-likeness (QED) is 0.801. The summed E-state index contributed by atoms with van der Waals surface area (Å²) in [6.45, 7) is 3.42. The lowest BCUT2D eigenvalue weighted by Crippen LogP contribution is -2.40. The molecule has 2 heterocycles. The van der Waals surface area contributed by atoms with Crippen LogP contribution in [0, 0.1) is 6.92 Å². The summed E-state index contributed by atoms with van der Waals surface area (Å²) in [5, 5.41) is 7.53. The van der Waals surface area contributed by atoms with Gasteiger partial charge in [-0.2, -0.15) is 4.31 Å². The Morgan fingerprint density at radius 1 is 1.17 bits per heavy atom. The number of benzene rings is 1. The maximum absolute atomic E-state index is 12.5. The first-order valence-corrected chi connectivity index (χ1v) is 8.59. The molecule has 0 bridgehead atoms. The van der Waals surface area contributed by atoms with Crippen molar-refractivity contribution in [1.82, 2.24) is 14.5 Å². The van der Waals surface area contributed by atoms with E-state index in [1.54, 1.807) is 19.1 Å². The minimum Gasteiger partial charge on any atom is -0.484 e. The molecular weight excluding hydrogens is 322 g/mol. The molecule has 1 aromatic carbocycles. The molecule has 3 rings (SSSR count). The van der Waals surface area contributed by atoms with Crippen molar-refractivity contribution in [3.05, 3.63) is 36.0 Å². The maximum Gasteiger partial charge on any atom is 0.253 e. The van der Waals surface area contributed by atoms with Crippen LogP contribution in [0.1, 0.15) is 11.8 Å². The Balaban J connectivity index is 1.66. The molecule has 1 fully saturated rings. The molecule has 23 heavy (non-hydrogen) atoms. The first kappa shape index (κ1) is 15.9. The van der Waals surface area contributed by atoms with Gasteiger partial charge in [0.05, 0.1) is 18.1 Å². The van der Waals surface area contributed by atoms with Crippen LogP contribution in [0.4, 0.5) is 0 Å². The van der Waals surface area contributed by atoms with Crippen LogP contribution in [0.3, 0.4) is 0 Å². The summed E-state index contributed by atoms with van der Waals surface area (Å²) in [6, 6.07) is 6.27. The zero-order valence-corrected chi connectivity index (χ0v) is 13.5. The summed E-state index contributed by atoms with van der Waals surface area (Å²) >= 11 is 0. The lowest BCUT2D eigenvalue weighted by atomic mass is 10.3. The van der Waals surface area contributed by atoms with E-state index in [2.05, 4.69) is 10.2 Å². The molecule has 0 spiro atoms. The zero-order valence-electron chi connectivity index (χ0n) is 12.6. The van der Waals surface area contributed by atoms with Gasteiger partial charge in [-0.05, 0) is 24.3 Å². The van der Waals surface area contributed by atoms with Gasteiger partial charge in [0.2, 0.25) is 15.9 Å². The molecule has 0 N–H and O–H groups in total. The number of ether oxygens (including phenoxy) is 2. The number of rotatable bonds is 5. The fraction of sp³-hybridized carbons (Fsp3) is 0.429. The fourth-order valence-corrected chi connectivity index (χ4v) is 3.59. The van der Waals surface area contributed by atoms with Crippen molar-refractivity contribution in [1.29, 1.82) is 0 Å². The van der Waals surface area contributed by atoms with E-state index in [0.29, 0.717) is 43.8 Å². The molecule has 1 aliphatic rings. The van der Waals surface area contributed by atoms with Crippen molar-refractivity contribution in [3.8, 4) is 5.75 Å². The lowest BCUT2D eigenvalue weighted by molar-refractivity contribution is 0.0730. The molecule has 0 saturated carbocycles. The predicted molar refractivity (Wildman–Crippen MR) is 79.4 cm³/mol. The smallest absolute Gasteiger partial charge is 0.253 e. The second-order valence-corrected chi connectivity index (χ2v) is 6.93. The molecule has 0 aliphatic carbocycles. The predicted octanol–water partition coefficient (Wildman–Crippen LogP) is 0.978. The summed E-state index contributed by atoms with van der Waals surface area (Å²) in [7, 11) is -3.49.